The summed E-state index contributed by atoms with van der Waals surface area (Å²) >= 11 is 0. The maximum Gasteiger partial charge on any atom is 0.187 e. The lowest BCUT2D eigenvalue weighted by Crippen LogP contribution is -2.65. The summed E-state index contributed by atoms with van der Waals surface area (Å²) in [7, 11) is 0. The van der Waals surface area contributed by atoms with Crippen molar-refractivity contribution in [1.29, 1.82) is 0 Å². The summed E-state index contributed by atoms with van der Waals surface area (Å²) in [6.45, 7) is 20.0. The van der Waals surface area contributed by atoms with E-state index in [0.29, 0.717) is 19.3 Å². The Labute approximate surface area is 426 Å². The Kier molecular flexibility index (Phi) is 18.7. The Morgan fingerprint density at radius 2 is 1.07 bits per heavy atom. The molecule has 7 rings (SSSR count). The molecular weight excluding hydrogens is 969 g/mol. The predicted octanol–water partition coefficient (Wildman–Crippen LogP) is -2.30. The fourth-order valence-corrected chi connectivity index (χ4v) is 12.2. The van der Waals surface area contributed by atoms with Gasteiger partial charge in [-0.05, 0) is 90.9 Å². The minimum absolute atomic E-state index is 0.00848. The maximum absolute atomic E-state index is 12.0. The molecule has 0 radical (unpaired) electrons. The summed E-state index contributed by atoms with van der Waals surface area (Å²) in [5.41, 5.74) is -1.04. The zero-order valence-electron chi connectivity index (χ0n) is 43.2. The second kappa shape index (κ2) is 23.1. The molecule has 73 heavy (non-hydrogen) atoms. The largest absolute Gasteiger partial charge is 0.388 e. The molecule has 7 aliphatic rings. The van der Waals surface area contributed by atoms with Crippen molar-refractivity contribution in [3.63, 3.8) is 0 Å². The third kappa shape index (κ3) is 11.4. The Hall–Kier alpha value is -1.44. The molecule has 0 amide bonds. The Morgan fingerprint density at radius 1 is 0.589 bits per heavy atom. The standard InChI is InChI=1S/C50H84O23/c1-11-48(8,73-47-42(36(59)30(53)23(6)68-47)72-44-38(61)34(57)29(52)22(5)66-44)15-16-49(9)20(3)17-27(50(10)19(2)13-12-14-26(49)50)70-46-40(63)41(31(54)24(7)67-46)71-45-39(62)35(58)32(55)25(69-45)18-64-43-37(60)33(56)28(51)21(4)65-43/h11,13,20-47,51-63H,1,12,14-18H2,2-10H3/t20-,21+,22+,23-,24+,25-,26-,27+,28+,29+,30+,31+,32-,33-,34-,35+,36+,37-,38-,39-,40-,41-,42-,43-,44+,45+,46+,47+,48-,49+,50+/m1/s1. The lowest BCUT2D eigenvalue weighted by atomic mass is 9.45. The van der Waals surface area contributed by atoms with Crippen molar-refractivity contribution in [2.24, 2.45) is 22.7 Å². The fourth-order valence-electron chi connectivity index (χ4n) is 12.2. The van der Waals surface area contributed by atoms with Crippen LogP contribution in [-0.2, 0) is 47.4 Å². The second-order valence-electron chi connectivity index (χ2n) is 22.5. The van der Waals surface area contributed by atoms with E-state index in [1.165, 1.54) is 13.8 Å². The summed E-state index contributed by atoms with van der Waals surface area (Å²) < 4.78 is 60.4. The van der Waals surface area contributed by atoms with Gasteiger partial charge in [-0.1, -0.05) is 38.5 Å². The molecule has 0 aromatic heterocycles. The molecule has 23 heteroatoms. The molecule has 0 unspecified atom stereocenters. The van der Waals surface area contributed by atoms with E-state index in [9.17, 15) is 66.4 Å². The zero-order chi connectivity index (χ0) is 54.0. The van der Waals surface area contributed by atoms with E-state index in [1.807, 2.05) is 6.92 Å². The van der Waals surface area contributed by atoms with Gasteiger partial charge in [-0.15, -0.1) is 6.58 Å². The monoisotopic (exact) mass is 1050 g/mol. The SMILES string of the molecule is C=C[C@](C)(CC[C@@]1(C)[C@H](C)C[C@H](O[C@@H]2O[C@@H](C)[C@H](O)[C@@H](O[C@@H]3O[C@H](CO[C@@H]4O[C@@H](C)[C@H](O)[C@@H](O)[C@H]4O)[C@@H](O)[C@H](O)[C@H]3O)[C@H]2O)[C@@]2(C)C(C)=CCC[C@H]12)O[C@@H]1O[C@H](C)[C@H](O)[C@H](O)[C@H]1O[C@@H]1O[C@@H](C)[C@H](O)[C@@H](O)[C@H]1O. The number of aliphatic hydroxyl groups excluding tert-OH is 13. The highest BCUT2D eigenvalue weighted by Gasteiger charge is 2.61. The summed E-state index contributed by atoms with van der Waals surface area (Å²) in [6.07, 6.45) is -30.1. The van der Waals surface area contributed by atoms with Gasteiger partial charge >= 0.3 is 0 Å². The molecule has 0 bridgehead atoms. The smallest absolute Gasteiger partial charge is 0.187 e. The van der Waals surface area contributed by atoms with Crippen LogP contribution in [0.4, 0.5) is 0 Å². The average Bonchev–Trinajstić information content (AvgIpc) is 3.35. The highest BCUT2D eigenvalue weighted by atomic mass is 16.8. The molecule has 0 spiro atoms. The molecule has 5 saturated heterocycles. The fraction of sp³-hybridized carbons (Fsp3) is 0.920. The van der Waals surface area contributed by atoms with Crippen LogP contribution in [0.3, 0.4) is 0 Å². The first-order valence-electron chi connectivity index (χ1n) is 25.8. The van der Waals surface area contributed by atoms with Crippen molar-refractivity contribution in [1.82, 2.24) is 0 Å². The second-order valence-corrected chi connectivity index (χ2v) is 22.5. The Morgan fingerprint density at radius 3 is 1.66 bits per heavy atom. The molecular formula is C50H84O23. The summed E-state index contributed by atoms with van der Waals surface area (Å²) in [6, 6.07) is 0. The molecule has 422 valence electrons. The van der Waals surface area contributed by atoms with Gasteiger partial charge in [-0.25, -0.2) is 0 Å². The van der Waals surface area contributed by atoms with E-state index in [2.05, 4.69) is 40.3 Å². The van der Waals surface area contributed by atoms with Crippen LogP contribution in [0, 0.1) is 22.7 Å². The van der Waals surface area contributed by atoms with E-state index in [0.717, 1.165) is 18.4 Å². The third-order valence-electron chi connectivity index (χ3n) is 17.8. The molecule has 5 heterocycles. The number of fused-ring (bicyclic) bond motifs is 1. The molecule has 6 fully saturated rings. The van der Waals surface area contributed by atoms with Gasteiger partial charge in [-0.2, -0.15) is 0 Å². The molecule has 1 saturated carbocycles. The van der Waals surface area contributed by atoms with Crippen LogP contribution >= 0.6 is 0 Å². The number of allylic oxidation sites excluding steroid dienone is 1. The molecule has 0 aromatic rings. The van der Waals surface area contributed by atoms with Gasteiger partial charge in [0.05, 0.1) is 42.7 Å². The lowest BCUT2D eigenvalue weighted by molar-refractivity contribution is -0.371. The van der Waals surface area contributed by atoms with Crippen LogP contribution in [0.15, 0.2) is 24.3 Å². The van der Waals surface area contributed by atoms with Gasteiger partial charge in [0.1, 0.15) is 97.7 Å². The van der Waals surface area contributed by atoms with Crippen molar-refractivity contribution >= 4 is 0 Å². The first kappa shape index (κ1) is 59.2. The van der Waals surface area contributed by atoms with E-state index in [-0.39, 0.29) is 17.3 Å². The molecule has 31 atom stereocenters. The predicted molar refractivity (Wildman–Crippen MR) is 250 cm³/mol. The molecule has 23 nitrogen and oxygen atoms in total. The highest BCUT2D eigenvalue weighted by molar-refractivity contribution is 5.24. The van der Waals surface area contributed by atoms with Gasteiger partial charge in [-0.3, -0.25) is 0 Å². The van der Waals surface area contributed by atoms with Crippen molar-refractivity contribution in [2.75, 3.05) is 6.61 Å². The molecule has 13 N–H and O–H groups in total. The van der Waals surface area contributed by atoms with Gasteiger partial charge < -0.3 is 114 Å². The lowest BCUT2D eigenvalue weighted by Gasteiger charge is -2.61. The summed E-state index contributed by atoms with van der Waals surface area (Å²) in [5, 5.41) is 140. The third-order valence-corrected chi connectivity index (χ3v) is 17.8. The highest BCUT2D eigenvalue weighted by Crippen LogP contribution is 2.63. The van der Waals surface area contributed by atoms with Gasteiger partial charge in [0.15, 0.2) is 31.5 Å². The van der Waals surface area contributed by atoms with Gasteiger partial charge in [0, 0.05) is 5.41 Å². The number of rotatable bonds is 15. The normalized spacial score (nSPS) is 53.7. The number of ether oxygens (including phenoxy) is 10. The van der Waals surface area contributed by atoms with Crippen LogP contribution in [0.2, 0.25) is 0 Å². The molecule has 2 aliphatic carbocycles. The number of aliphatic hydroxyl groups is 13. The maximum atomic E-state index is 12.0. The van der Waals surface area contributed by atoms with E-state index in [1.54, 1.807) is 19.9 Å². The summed E-state index contributed by atoms with van der Waals surface area (Å²) in [4.78, 5) is 0. The molecule has 5 aliphatic heterocycles. The van der Waals surface area contributed by atoms with Crippen LogP contribution < -0.4 is 0 Å². The minimum atomic E-state index is -1.87. The van der Waals surface area contributed by atoms with Crippen molar-refractivity contribution in [2.45, 2.75) is 260 Å². The molecule has 0 aromatic carbocycles. The Bertz CT molecular complexity index is 1870. The minimum Gasteiger partial charge on any atom is -0.388 e. The topological polar surface area (TPSA) is 355 Å². The van der Waals surface area contributed by atoms with E-state index in [4.69, 9.17) is 47.4 Å². The van der Waals surface area contributed by atoms with Crippen LogP contribution in [0.5, 0.6) is 0 Å². The van der Waals surface area contributed by atoms with Crippen molar-refractivity contribution < 1.29 is 114 Å². The number of hydrogen-bond acceptors (Lipinski definition) is 23. The summed E-state index contributed by atoms with van der Waals surface area (Å²) in [5.74, 6) is -0.0283. The number of hydrogen-bond donors (Lipinski definition) is 13. The first-order chi connectivity index (χ1) is 34.1. The quantitative estimate of drug-likeness (QED) is 0.0768. The van der Waals surface area contributed by atoms with Crippen LogP contribution in [0.25, 0.3) is 0 Å². The van der Waals surface area contributed by atoms with Crippen molar-refractivity contribution in [3.05, 3.63) is 24.3 Å². The van der Waals surface area contributed by atoms with E-state index >= 15 is 0 Å². The van der Waals surface area contributed by atoms with E-state index < -0.39 is 177 Å². The van der Waals surface area contributed by atoms with Gasteiger partial charge in [0.2, 0.25) is 0 Å². The Balaban J connectivity index is 1.04. The zero-order valence-corrected chi connectivity index (χ0v) is 43.2. The average molecular weight is 1050 g/mol. The van der Waals surface area contributed by atoms with Crippen molar-refractivity contribution in [3.8, 4) is 0 Å². The van der Waals surface area contributed by atoms with Crippen LogP contribution in [-0.4, -0.2) is 238 Å². The van der Waals surface area contributed by atoms with Gasteiger partial charge in [0.25, 0.3) is 0 Å². The first-order valence-corrected chi connectivity index (χ1v) is 25.8. The van der Waals surface area contributed by atoms with Crippen LogP contribution in [0.1, 0.15) is 94.4 Å².